The molecule has 0 atom stereocenters. The fourth-order valence-corrected chi connectivity index (χ4v) is 3.43. The van der Waals surface area contributed by atoms with E-state index in [0.29, 0.717) is 31.9 Å². The van der Waals surface area contributed by atoms with Crippen LogP contribution in [0.4, 0.5) is 13.2 Å². The first-order chi connectivity index (χ1) is 10.9. The summed E-state index contributed by atoms with van der Waals surface area (Å²) in [5.41, 5.74) is 0.583. The number of phenolic OH excluding ortho intramolecular Hbond substituents is 1. The van der Waals surface area contributed by atoms with Gasteiger partial charge in [0.2, 0.25) is 0 Å². The Hall–Kier alpha value is -1.57. The first-order valence-electron chi connectivity index (χ1n) is 7.11. The van der Waals surface area contributed by atoms with Crippen LogP contribution < -0.4 is 5.32 Å². The fourth-order valence-electron chi connectivity index (χ4n) is 2.65. The number of hydrogen-bond acceptors (Lipinski definition) is 4. The van der Waals surface area contributed by atoms with E-state index in [4.69, 9.17) is 4.74 Å². The van der Waals surface area contributed by atoms with Crippen molar-refractivity contribution in [3.8, 4) is 5.75 Å². The first kappa shape index (κ1) is 16.3. The van der Waals surface area contributed by atoms with Gasteiger partial charge in [-0.15, -0.1) is 0 Å². The van der Waals surface area contributed by atoms with Crippen molar-refractivity contribution in [2.45, 2.75) is 18.1 Å². The molecule has 0 saturated carbocycles. The number of nitrogens with one attached hydrogen (secondary N) is 1. The van der Waals surface area contributed by atoms with E-state index in [2.05, 4.69) is 16.8 Å². The normalized spacial score (nSPS) is 17.0. The molecule has 0 bridgehead atoms. The van der Waals surface area contributed by atoms with Crippen molar-refractivity contribution in [3.63, 3.8) is 0 Å². The van der Waals surface area contributed by atoms with Crippen LogP contribution in [-0.2, 0) is 22.9 Å². The number of rotatable bonds is 5. The molecule has 0 amide bonds. The molecule has 1 aliphatic rings. The highest BCUT2D eigenvalue weighted by atomic mass is 32.1. The zero-order valence-electron chi connectivity index (χ0n) is 12.2. The Morgan fingerprint density at radius 1 is 1.26 bits per heavy atom. The molecule has 3 nitrogen and oxygen atoms in total. The highest BCUT2D eigenvalue weighted by Crippen LogP contribution is 2.36. The minimum Gasteiger partial charge on any atom is -0.507 e. The van der Waals surface area contributed by atoms with E-state index in [9.17, 15) is 18.3 Å². The van der Waals surface area contributed by atoms with Gasteiger partial charge < -0.3 is 15.2 Å². The van der Waals surface area contributed by atoms with Gasteiger partial charge in [0, 0.05) is 13.1 Å². The number of halogens is 3. The zero-order valence-corrected chi connectivity index (χ0v) is 13.0. The second-order valence-corrected chi connectivity index (χ2v) is 6.52. The summed E-state index contributed by atoms with van der Waals surface area (Å²) in [6.07, 6.45) is -4.56. The Kier molecular flexibility index (Phi) is 4.35. The van der Waals surface area contributed by atoms with Crippen LogP contribution in [0.2, 0.25) is 0 Å². The number of alkyl halides is 3. The van der Waals surface area contributed by atoms with Crippen LogP contribution in [0.1, 0.15) is 16.7 Å². The molecule has 124 valence electrons. The molecule has 0 spiro atoms. The largest absolute Gasteiger partial charge is 0.507 e. The molecule has 0 aliphatic carbocycles. The topological polar surface area (TPSA) is 41.5 Å². The van der Waals surface area contributed by atoms with Crippen molar-refractivity contribution in [2.75, 3.05) is 19.8 Å². The molecule has 1 aliphatic heterocycles. The number of hydrogen-bond donors (Lipinski definition) is 2. The zero-order chi connectivity index (χ0) is 16.5. The van der Waals surface area contributed by atoms with Crippen molar-refractivity contribution in [3.05, 3.63) is 51.7 Å². The molecule has 0 radical (unpaired) electrons. The van der Waals surface area contributed by atoms with Crippen molar-refractivity contribution < 1.29 is 23.0 Å². The van der Waals surface area contributed by atoms with Gasteiger partial charge in [0.05, 0.1) is 24.2 Å². The van der Waals surface area contributed by atoms with Gasteiger partial charge in [-0.05, 0) is 40.1 Å². The quantitative estimate of drug-likeness (QED) is 0.873. The van der Waals surface area contributed by atoms with Crippen molar-refractivity contribution in [2.24, 2.45) is 0 Å². The Balaban J connectivity index is 1.65. The Labute approximate surface area is 135 Å². The molecule has 1 saturated heterocycles. The van der Waals surface area contributed by atoms with Gasteiger partial charge in [-0.1, -0.05) is 6.07 Å². The Morgan fingerprint density at radius 3 is 2.61 bits per heavy atom. The van der Waals surface area contributed by atoms with E-state index in [0.717, 1.165) is 12.1 Å². The van der Waals surface area contributed by atoms with Crippen LogP contribution >= 0.6 is 11.3 Å². The molecule has 7 heteroatoms. The minimum absolute atomic E-state index is 0.0935. The van der Waals surface area contributed by atoms with Crippen LogP contribution in [0.15, 0.2) is 35.0 Å². The summed E-state index contributed by atoms with van der Waals surface area (Å²) in [7, 11) is 0. The van der Waals surface area contributed by atoms with Gasteiger partial charge in [0.15, 0.2) is 0 Å². The molecule has 3 rings (SSSR count). The van der Waals surface area contributed by atoms with Gasteiger partial charge in [-0.25, -0.2) is 0 Å². The number of thiophene rings is 1. The van der Waals surface area contributed by atoms with Crippen molar-refractivity contribution >= 4 is 11.3 Å². The predicted octanol–water partition coefficient (Wildman–Crippen LogP) is 3.53. The lowest BCUT2D eigenvalue weighted by Gasteiger charge is -2.41. The third-order valence-electron chi connectivity index (χ3n) is 4.05. The van der Waals surface area contributed by atoms with Crippen LogP contribution in [-0.4, -0.2) is 24.9 Å². The highest BCUT2D eigenvalue weighted by Gasteiger charge is 2.40. The van der Waals surface area contributed by atoms with E-state index in [1.165, 1.54) is 11.6 Å². The van der Waals surface area contributed by atoms with E-state index in [1.807, 2.05) is 5.38 Å². The first-order valence-corrected chi connectivity index (χ1v) is 8.05. The lowest BCUT2D eigenvalue weighted by atomic mass is 9.80. The van der Waals surface area contributed by atoms with Crippen LogP contribution in [0.3, 0.4) is 0 Å². The fraction of sp³-hybridized carbons (Fsp3) is 0.375. The van der Waals surface area contributed by atoms with Crippen LogP contribution in [0.5, 0.6) is 5.75 Å². The summed E-state index contributed by atoms with van der Waals surface area (Å²) < 4.78 is 43.7. The molecule has 1 aromatic carbocycles. The van der Waals surface area contributed by atoms with E-state index in [-0.39, 0.29) is 5.41 Å². The minimum atomic E-state index is -4.56. The molecule has 2 N–H and O–H groups in total. The van der Waals surface area contributed by atoms with Crippen LogP contribution in [0, 0.1) is 0 Å². The van der Waals surface area contributed by atoms with E-state index < -0.39 is 17.5 Å². The molecular weight excluding hydrogens is 327 g/mol. The SMILES string of the molecule is Oc1ccc(CNCC2(c3ccsc3)COC2)cc1C(F)(F)F. The van der Waals surface area contributed by atoms with Gasteiger partial charge in [0.1, 0.15) is 5.75 Å². The number of phenols is 1. The predicted molar refractivity (Wildman–Crippen MR) is 81.6 cm³/mol. The number of benzene rings is 1. The number of ether oxygens (including phenoxy) is 1. The second kappa shape index (κ2) is 6.14. The summed E-state index contributed by atoms with van der Waals surface area (Å²) in [6, 6.07) is 5.61. The summed E-state index contributed by atoms with van der Waals surface area (Å²) in [5, 5.41) is 16.6. The van der Waals surface area contributed by atoms with Crippen LogP contribution in [0.25, 0.3) is 0 Å². The monoisotopic (exact) mass is 343 g/mol. The third kappa shape index (κ3) is 3.36. The summed E-state index contributed by atoms with van der Waals surface area (Å²) >= 11 is 1.62. The maximum Gasteiger partial charge on any atom is 0.419 e. The van der Waals surface area contributed by atoms with E-state index in [1.54, 1.807) is 11.3 Å². The third-order valence-corrected chi connectivity index (χ3v) is 4.73. The van der Waals surface area contributed by atoms with Crippen molar-refractivity contribution in [1.29, 1.82) is 0 Å². The molecule has 2 aromatic rings. The molecule has 1 aromatic heterocycles. The maximum absolute atomic E-state index is 12.8. The second-order valence-electron chi connectivity index (χ2n) is 5.74. The van der Waals surface area contributed by atoms with E-state index >= 15 is 0 Å². The molecule has 23 heavy (non-hydrogen) atoms. The molecular formula is C16H16F3NO2S. The Morgan fingerprint density at radius 2 is 2.04 bits per heavy atom. The summed E-state index contributed by atoms with van der Waals surface area (Å²) in [5.74, 6) is -0.747. The average molecular weight is 343 g/mol. The summed E-state index contributed by atoms with van der Waals surface area (Å²) in [6.45, 7) is 2.15. The van der Waals surface area contributed by atoms with Crippen molar-refractivity contribution in [1.82, 2.24) is 5.32 Å². The molecule has 0 unspecified atom stereocenters. The lowest BCUT2D eigenvalue weighted by molar-refractivity contribution is -0.138. The van der Waals surface area contributed by atoms with Gasteiger partial charge in [-0.2, -0.15) is 24.5 Å². The summed E-state index contributed by atoms with van der Waals surface area (Å²) in [4.78, 5) is 0. The molecule has 2 heterocycles. The lowest BCUT2D eigenvalue weighted by Crippen LogP contribution is -2.53. The smallest absolute Gasteiger partial charge is 0.419 e. The number of aromatic hydroxyl groups is 1. The maximum atomic E-state index is 12.8. The molecule has 1 fully saturated rings. The average Bonchev–Trinajstić information content (AvgIpc) is 2.96. The Bertz CT molecular complexity index is 666. The van der Waals surface area contributed by atoms with Gasteiger partial charge >= 0.3 is 6.18 Å². The highest BCUT2D eigenvalue weighted by molar-refractivity contribution is 7.08. The van der Waals surface area contributed by atoms with Gasteiger partial charge in [-0.3, -0.25) is 0 Å². The standard InChI is InChI=1S/C16H16F3NO2S/c17-16(18,19)13-5-11(1-2-14(13)21)6-20-8-15(9-22-10-15)12-3-4-23-7-12/h1-5,7,20-21H,6,8-10H2. The van der Waals surface area contributed by atoms with Gasteiger partial charge in [0.25, 0.3) is 0 Å².